The molecule has 1 rings (SSSR count). The molecule has 0 nitrogen and oxygen atoms in total. The Balaban J connectivity index is 1.91. The van der Waals surface area contributed by atoms with Crippen LogP contribution in [-0.2, 0) is 0 Å². The van der Waals surface area contributed by atoms with Gasteiger partial charge in [-0.05, 0) is 26.1 Å². The molecule has 0 unspecified atom stereocenters. The van der Waals surface area contributed by atoms with Crippen LogP contribution in [0.15, 0.2) is 0 Å². The van der Waals surface area contributed by atoms with Crippen molar-refractivity contribution in [3.63, 3.8) is 0 Å². The first-order chi connectivity index (χ1) is 4.93. The molecule has 4 heteroatoms. The lowest BCUT2D eigenvalue weighted by molar-refractivity contribution is 0.698. The van der Waals surface area contributed by atoms with E-state index in [-0.39, 0.29) is 0 Å². The van der Waals surface area contributed by atoms with E-state index in [9.17, 15) is 0 Å². The predicted molar refractivity (Wildman–Crippen MR) is 58.3 cm³/mol. The van der Waals surface area contributed by atoms with Crippen molar-refractivity contribution in [1.29, 1.82) is 0 Å². The SMILES string of the molecule is CCCCCC1SSSS1. The molecular formula is C6H12S4. The number of unbranched alkanes of at least 4 members (excludes halogenated alkanes) is 2. The highest BCUT2D eigenvalue weighted by molar-refractivity contribution is 9.31. The molecule has 1 aliphatic heterocycles. The fourth-order valence-corrected chi connectivity index (χ4v) is 9.76. The van der Waals surface area contributed by atoms with Gasteiger partial charge in [-0.3, -0.25) is 0 Å². The van der Waals surface area contributed by atoms with Crippen LogP contribution in [0, 0.1) is 0 Å². The van der Waals surface area contributed by atoms with E-state index in [4.69, 9.17) is 0 Å². The minimum Gasteiger partial charge on any atom is -0.0664 e. The minimum absolute atomic E-state index is 0.876. The van der Waals surface area contributed by atoms with Crippen molar-refractivity contribution in [1.82, 2.24) is 0 Å². The van der Waals surface area contributed by atoms with Crippen LogP contribution in [-0.4, -0.2) is 4.58 Å². The molecule has 0 saturated carbocycles. The highest BCUT2D eigenvalue weighted by atomic mass is 33.7. The summed E-state index contributed by atoms with van der Waals surface area (Å²) < 4.78 is 0.876. The average Bonchev–Trinajstić information content (AvgIpc) is 2.41. The highest BCUT2D eigenvalue weighted by Gasteiger charge is 2.17. The molecule has 0 amide bonds. The molecule has 1 fully saturated rings. The van der Waals surface area contributed by atoms with Crippen molar-refractivity contribution in [3.05, 3.63) is 0 Å². The van der Waals surface area contributed by atoms with E-state index >= 15 is 0 Å². The largest absolute Gasteiger partial charge is 0.0726 e. The number of rotatable bonds is 4. The van der Waals surface area contributed by atoms with E-state index in [2.05, 4.69) is 6.92 Å². The molecule has 10 heavy (non-hydrogen) atoms. The van der Waals surface area contributed by atoms with Gasteiger partial charge in [-0.2, -0.15) is 0 Å². The summed E-state index contributed by atoms with van der Waals surface area (Å²) in [6, 6.07) is 0. The molecule has 1 aliphatic rings. The second-order valence-corrected chi connectivity index (χ2v) is 8.77. The molecule has 60 valence electrons. The Kier molecular flexibility index (Phi) is 5.67. The van der Waals surface area contributed by atoms with E-state index in [0.29, 0.717) is 0 Å². The maximum Gasteiger partial charge on any atom is 0.0726 e. The minimum atomic E-state index is 0.876. The monoisotopic (exact) mass is 212 g/mol. The molecule has 0 aromatic heterocycles. The predicted octanol–water partition coefficient (Wildman–Crippen LogP) is 4.58. The van der Waals surface area contributed by atoms with Crippen molar-refractivity contribution in [2.45, 2.75) is 37.2 Å². The summed E-state index contributed by atoms with van der Waals surface area (Å²) in [5.74, 6) is 0. The zero-order valence-corrected chi connectivity index (χ0v) is 9.30. The molecule has 0 bridgehead atoms. The lowest BCUT2D eigenvalue weighted by Gasteiger charge is -2.02. The van der Waals surface area contributed by atoms with Gasteiger partial charge in [0.1, 0.15) is 0 Å². The lowest BCUT2D eigenvalue weighted by atomic mass is 10.2. The Morgan fingerprint density at radius 1 is 1.10 bits per heavy atom. The van der Waals surface area contributed by atoms with Crippen molar-refractivity contribution in [3.8, 4) is 0 Å². The third-order valence-electron chi connectivity index (χ3n) is 1.36. The normalized spacial score (nSPS) is 20.1. The maximum absolute atomic E-state index is 2.26. The van der Waals surface area contributed by atoms with Gasteiger partial charge >= 0.3 is 0 Å². The molecule has 0 atom stereocenters. The van der Waals surface area contributed by atoms with Gasteiger partial charge in [-0.1, -0.05) is 47.8 Å². The van der Waals surface area contributed by atoms with Gasteiger partial charge in [0.15, 0.2) is 0 Å². The molecule has 1 heterocycles. The third kappa shape index (κ3) is 3.69. The summed E-state index contributed by atoms with van der Waals surface area (Å²) in [4.78, 5) is 0. The standard InChI is InChI=1S/C6H12S4/c1-2-3-4-5-6-7-9-10-8-6/h6H,2-5H2,1H3. The van der Waals surface area contributed by atoms with E-state index in [1.807, 2.05) is 41.2 Å². The van der Waals surface area contributed by atoms with Gasteiger partial charge < -0.3 is 0 Å². The van der Waals surface area contributed by atoms with Crippen LogP contribution in [0.1, 0.15) is 32.6 Å². The second-order valence-electron chi connectivity index (χ2n) is 2.25. The molecule has 0 N–H and O–H groups in total. The number of hydrogen-bond donors (Lipinski definition) is 0. The summed E-state index contributed by atoms with van der Waals surface area (Å²) in [7, 11) is 7.94. The Morgan fingerprint density at radius 2 is 1.80 bits per heavy atom. The maximum atomic E-state index is 2.26. The van der Waals surface area contributed by atoms with E-state index in [1.165, 1.54) is 25.7 Å². The molecule has 0 spiro atoms. The smallest absolute Gasteiger partial charge is 0.0664 e. The Morgan fingerprint density at radius 3 is 2.40 bits per heavy atom. The molecular weight excluding hydrogens is 200 g/mol. The van der Waals surface area contributed by atoms with Gasteiger partial charge in [0.05, 0.1) is 4.58 Å². The topological polar surface area (TPSA) is 0 Å². The van der Waals surface area contributed by atoms with Crippen molar-refractivity contribution in [2.75, 3.05) is 0 Å². The van der Waals surface area contributed by atoms with Crippen molar-refractivity contribution >= 4 is 41.2 Å². The first-order valence-electron chi connectivity index (χ1n) is 3.59. The van der Waals surface area contributed by atoms with Gasteiger partial charge in [0.25, 0.3) is 0 Å². The fourth-order valence-electron chi connectivity index (χ4n) is 0.793. The molecule has 1 saturated heterocycles. The number of hydrogen-bond acceptors (Lipinski definition) is 4. The zero-order chi connectivity index (χ0) is 7.23. The Hall–Kier alpha value is 1.40. The van der Waals surface area contributed by atoms with E-state index < -0.39 is 0 Å². The summed E-state index contributed by atoms with van der Waals surface area (Å²) >= 11 is 0. The van der Waals surface area contributed by atoms with E-state index in [1.54, 1.807) is 0 Å². The Bertz CT molecular complexity index is 79.8. The first-order valence-corrected chi connectivity index (χ1v) is 8.53. The second kappa shape index (κ2) is 5.98. The lowest BCUT2D eigenvalue weighted by Crippen LogP contribution is -1.88. The molecule has 0 aromatic carbocycles. The Labute approximate surface area is 78.3 Å². The van der Waals surface area contributed by atoms with Crippen LogP contribution in [0.4, 0.5) is 0 Å². The van der Waals surface area contributed by atoms with Crippen LogP contribution in [0.2, 0.25) is 0 Å². The van der Waals surface area contributed by atoms with Crippen LogP contribution < -0.4 is 0 Å². The van der Waals surface area contributed by atoms with Crippen molar-refractivity contribution in [2.24, 2.45) is 0 Å². The van der Waals surface area contributed by atoms with Crippen LogP contribution in [0.3, 0.4) is 0 Å². The molecule has 0 radical (unpaired) electrons. The average molecular weight is 212 g/mol. The van der Waals surface area contributed by atoms with Gasteiger partial charge in [0, 0.05) is 0 Å². The highest BCUT2D eigenvalue weighted by Crippen LogP contribution is 2.59. The molecule has 0 aliphatic carbocycles. The van der Waals surface area contributed by atoms with Crippen LogP contribution in [0.25, 0.3) is 0 Å². The van der Waals surface area contributed by atoms with Crippen LogP contribution in [0.5, 0.6) is 0 Å². The van der Waals surface area contributed by atoms with E-state index in [0.717, 1.165) is 4.58 Å². The van der Waals surface area contributed by atoms with Crippen molar-refractivity contribution < 1.29 is 0 Å². The van der Waals surface area contributed by atoms with Gasteiger partial charge in [-0.15, -0.1) is 0 Å². The van der Waals surface area contributed by atoms with Gasteiger partial charge in [0.2, 0.25) is 0 Å². The summed E-state index contributed by atoms with van der Waals surface area (Å²) in [5, 5.41) is 0. The molecule has 0 aromatic rings. The summed E-state index contributed by atoms with van der Waals surface area (Å²) in [6.07, 6.45) is 5.58. The fraction of sp³-hybridized carbons (Fsp3) is 1.00. The summed E-state index contributed by atoms with van der Waals surface area (Å²) in [6.45, 7) is 2.26. The third-order valence-corrected chi connectivity index (χ3v) is 9.23. The summed E-state index contributed by atoms with van der Waals surface area (Å²) in [5.41, 5.74) is 0. The quantitative estimate of drug-likeness (QED) is 0.494. The van der Waals surface area contributed by atoms with Gasteiger partial charge in [-0.25, -0.2) is 0 Å². The zero-order valence-electron chi connectivity index (χ0n) is 6.04. The first kappa shape index (κ1) is 9.49. The van der Waals surface area contributed by atoms with Crippen LogP contribution >= 0.6 is 41.2 Å².